The van der Waals surface area contributed by atoms with Crippen LogP contribution >= 0.6 is 11.6 Å². The summed E-state index contributed by atoms with van der Waals surface area (Å²) < 4.78 is 1.35. The van der Waals surface area contributed by atoms with Gasteiger partial charge in [0.1, 0.15) is 5.15 Å². The Bertz CT molecular complexity index is 1370. The number of halogens is 1. The topological polar surface area (TPSA) is 88.3 Å². The number of aryl methyl sites for hydroxylation is 2. The molecule has 8 nitrogen and oxygen atoms in total. The van der Waals surface area contributed by atoms with Crippen molar-refractivity contribution in [3.05, 3.63) is 80.7 Å². The van der Waals surface area contributed by atoms with Gasteiger partial charge in [0, 0.05) is 37.5 Å². The van der Waals surface area contributed by atoms with Crippen molar-refractivity contribution in [1.29, 1.82) is 0 Å². The maximum atomic E-state index is 12.2. The van der Waals surface area contributed by atoms with Crippen LogP contribution in [-0.2, 0) is 13.0 Å². The number of hydrogen-bond donors (Lipinski definition) is 1. The van der Waals surface area contributed by atoms with Gasteiger partial charge in [0.05, 0.1) is 23.8 Å². The van der Waals surface area contributed by atoms with E-state index in [-0.39, 0.29) is 5.56 Å². The number of fused-ring (bicyclic) bond motifs is 2. The molecule has 0 spiro atoms. The Labute approximate surface area is 183 Å². The molecule has 0 amide bonds. The lowest BCUT2D eigenvalue weighted by Gasteiger charge is -2.30. The molecule has 0 saturated carbocycles. The normalized spacial score (nSPS) is 13.3. The van der Waals surface area contributed by atoms with Crippen LogP contribution in [0.3, 0.4) is 0 Å². The van der Waals surface area contributed by atoms with Crippen molar-refractivity contribution in [3.8, 4) is 0 Å². The average Bonchev–Trinajstić information content (AvgIpc) is 2.76. The predicted octanol–water partition coefficient (Wildman–Crippen LogP) is 3.46. The highest BCUT2D eigenvalue weighted by molar-refractivity contribution is 6.30. The van der Waals surface area contributed by atoms with Crippen LogP contribution in [0.2, 0.25) is 5.15 Å². The quantitative estimate of drug-likeness (QED) is 0.495. The molecule has 4 aromatic rings. The van der Waals surface area contributed by atoms with Crippen molar-refractivity contribution in [2.45, 2.75) is 26.8 Å². The Kier molecular flexibility index (Phi) is 4.78. The number of hydrogen-bond acceptors (Lipinski definition) is 7. The summed E-state index contributed by atoms with van der Waals surface area (Å²) in [5.74, 6) is 0.782. The second-order valence-corrected chi connectivity index (χ2v) is 8.02. The van der Waals surface area contributed by atoms with Crippen molar-refractivity contribution >= 4 is 34.4 Å². The molecule has 0 saturated heterocycles. The minimum atomic E-state index is -0.191. The first kappa shape index (κ1) is 19.4. The van der Waals surface area contributed by atoms with Crippen LogP contribution in [0.15, 0.2) is 47.7 Å². The van der Waals surface area contributed by atoms with Crippen LogP contribution in [-0.4, -0.2) is 31.1 Å². The summed E-state index contributed by atoms with van der Waals surface area (Å²) in [5, 5.41) is 8.44. The lowest BCUT2D eigenvalue weighted by Crippen LogP contribution is -2.33. The largest absolute Gasteiger partial charge is 0.353 e. The Morgan fingerprint density at radius 1 is 1.03 bits per heavy atom. The van der Waals surface area contributed by atoms with E-state index in [1.54, 1.807) is 6.20 Å². The first-order chi connectivity index (χ1) is 15.0. The van der Waals surface area contributed by atoms with Gasteiger partial charge >= 0.3 is 0 Å². The Hall–Kier alpha value is -3.52. The van der Waals surface area contributed by atoms with Gasteiger partial charge < -0.3 is 10.2 Å². The molecule has 5 rings (SSSR count). The number of rotatable bonds is 3. The van der Waals surface area contributed by atoms with E-state index in [2.05, 4.69) is 36.3 Å². The van der Waals surface area contributed by atoms with Gasteiger partial charge in [0.15, 0.2) is 11.5 Å². The second-order valence-electron chi connectivity index (χ2n) is 7.66. The fraction of sp³-hybridized carbons (Fsp3) is 0.227. The van der Waals surface area contributed by atoms with Gasteiger partial charge in [-0.3, -0.25) is 9.78 Å². The van der Waals surface area contributed by atoms with Crippen LogP contribution < -0.4 is 15.8 Å². The Balaban J connectivity index is 1.45. The lowest BCUT2D eigenvalue weighted by molar-refractivity contribution is 0.686. The third-order valence-corrected chi connectivity index (χ3v) is 5.78. The van der Waals surface area contributed by atoms with E-state index in [4.69, 9.17) is 11.6 Å². The zero-order valence-corrected chi connectivity index (χ0v) is 17.9. The number of nitrogens with one attached hydrogen (secondary N) is 1. The molecule has 1 N–H and O–H groups in total. The van der Waals surface area contributed by atoms with Crippen LogP contribution in [0.5, 0.6) is 0 Å². The molecule has 9 heteroatoms. The predicted molar refractivity (Wildman–Crippen MR) is 120 cm³/mol. The van der Waals surface area contributed by atoms with E-state index < -0.39 is 0 Å². The van der Waals surface area contributed by atoms with Gasteiger partial charge in [-0.1, -0.05) is 11.6 Å². The molecule has 4 aromatic heterocycles. The van der Waals surface area contributed by atoms with E-state index in [1.165, 1.54) is 16.8 Å². The Morgan fingerprint density at radius 2 is 1.84 bits per heavy atom. The maximum absolute atomic E-state index is 12.2. The van der Waals surface area contributed by atoms with Gasteiger partial charge in [-0.05, 0) is 48.7 Å². The molecule has 1 aliphatic heterocycles. The monoisotopic (exact) mass is 433 g/mol. The summed E-state index contributed by atoms with van der Waals surface area (Å²) in [6.45, 7) is 5.35. The Morgan fingerprint density at radius 3 is 2.68 bits per heavy atom. The minimum absolute atomic E-state index is 0.191. The molecule has 0 fully saturated rings. The number of nitrogens with zero attached hydrogens (tertiary/aromatic N) is 6. The lowest BCUT2D eigenvalue weighted by atomic mass is 10.0. The molecule has 0 bridgehead atoms. The molecule has 0 aromatic carbocycles. The third kappa shape index (κ3) is 3.70. The number of anilines is 3. The second kappa shape index (κ2) is 7.63. The molecule has 5 heterocycles. The average molecular weight is 434 g/mol. The summed E-state index contributed by atoms with van der Waals surface area (Å²) >= 11 is 6.02. The zero-order valence-electron chi connectivity index (χ0n) is 17.1. The fourth-order valence-corrected chi connectivity index (χ4v) is 3.93. The van der Waals surface area contributed by atoms with Crippen LogP contribution in [0.4, 0.5) is 17.2 Å². The van der Waals surface area contributed by atoms with Gasteiger partial charge in [-0.15, -0.1) is 5.10 Å². The van der Waals surface area contributed by atoms with Crippen LogP contribution in [0, 0.1) is 13.8 Å². The fourth-order valence-electron chi connectivity index (χ4n) is 3.83. The highest BCUT2D eigenvalue weighted by Gasteiger charge is 2.21. The van der Waals surface area contributed by atoms with Gasteiger partial charge in [-0.2, -0.15) is 4.52 Å². The van der Waals surface area contributed by atoms with Crippen LogP contribution in [0.1, 0.15) is 22.4 Å². The first-order valence-electron chi connectivity index (χ1n) is 9.95. The minimum Gasteiger partial charge on any atom is -0.353 e. The smallest absolute Gasteiger partial charge is 0.274 e. The van der Waals surface area contributed by atoms with Crippen molar-refractivity contribution < 1.29 is 0 Å². The van der Waals surface area contributed by atoms with Crippen LogP contribution in [0.25, 0.3) is 5.65 Å². The summed E-state index contributed by atoms with van der Waals surface area (Å²) in [6, 6.07) is 7.36. The molecule has 0 radical (unpaired) electrons. The zero-order chi connectivity index (χ0) is 21.5. The molecule has 0 atom stereocenters. The maximum Gasteiger partial charge on any atom is 0.274 e. The van der Waals surface area contributed by atoms with Gasteiger partial charge in [0.25, 0.3) is 5.56 Å². The number of pyridine rings is 2. The molecular formula is C22H20ClN7O. The van der Waals surface area contributed by atoms with E-state index >= 15 is 0 Å². The van der Waals surface area contributed by atoms with Crippen molar-refractivity contribution in [1.82, 2.24) is 24.6 Å². The first-order valence-corrected chi connectivity index (χ1v) is 10.3. The van der Waals surface area contributed by atoms with E-state index in [0.717, 1.165) is 52.5 Å². The third-order valence-electron chi connectivity index (χ3n) is 5.38. The molecule has 156 valence electrons. The van der Waals surface area contributed by atoms with Crippen molar-refractivity contribution in [2.75, 3.05) is 16.8 Å². The molecule has 0 unspecified atom stereocenters. The van der Waals surface area contributed by atoms with Gasteiger partial charge in [-0.25, -0.2) is 9.97 Å². The molecular weight excluding hydrogens is 414 g/mol. The van der Waals surface area contributed by atoms with Crippen molar-refractivity contribution in [3.63, 3.8) is 0 Å². The standard InChI is InChI=1S/C22H20ClN7O/c1-13-7-16(11-26-21(13)23)27-17-9-15-12-29(6-4-18(15)25-10-17)22-14(2)8-19-24-5-3-20(31)30(19)28-22/h3,5,7-11,27H,4,6,12H2,1-2H3. The summed E-state index contributed by atoms with van der Waals surface area (Å²) in [4.78, 5) is 27.4. The SMILES string of the molecule is Cc1cc(Nc2cnc3c(c2)CN(c2nn4c(=O)ccnc4cc2C)CC3)cnc1Cl. The van der Waals surface area contributed by atoms with E-state index in [9.17, 15) is 4.79 Å². The summed E-state index contributed by atoms with van der Waals surface area (Å²) in [7, 11) is 0. The van der Waals surface area contributed by atoms with E-state index in [1.807, 2.05) is 32.2 Å². The molecule has 31 heavy (non-hydrogen) atoms. The highest BCUT2D eigenvalue weighted by Crippen LogP contribution is 2.27. The molecule has 0 aliphatic carbocycles. The van der Waals surface area contributed by atoms with E-state index in [0.29, 0.717) is 17.3 Å². The molecule has 1 aliphatic rings. The highest BCUT2D eigenvalue weighted by atomic mass is 35.5. The number of aromatic nitrogens is 5. The summed E-state index contributed by atoms with van der Waals surface area (Å²) in [6.07, 6.45) is 5.85. The van der Waals surface area contributed by atoms with Gasteiger partial charge in [0.2, 0.25) is 0 Å². The van der Waals surface area contributed by atoms with Crippen molar-refractivity contribution in [2.24, 2.45) is 0 Å². The summed E-state index contributed by atoms with van der Waals surface area (Å²) in [5.41, 5.74) is 6.18.